The second kappa shape index (κ2) is 3.81. The number of hydrogen-bond acceptors (Lipinski definition) is 3. The Bertz CT molecular complexity index is 194. The molecule has 0 N–H and O–H groups in total. The number of rotatable bonds is 5. The lowest BCUT2D eigenvalue weighted by molar-refractivity contribution is -0.133. The molecule has 3 nitrogen and oxygen atoms in total. The van der Waals surface area contributed by atoms with Gasteiger partial charge in [-0.2, -0.15) is 0 Å². The highest BCUT2D eigenvalue weighted by Crippen LogP contribution is 2.30. The van der Waals surface area contributed by atoms with Crippen LogP contribution in [0.5, 0.6) is 0 Å². The van der Waals surface area contributed by atoms with Gasteiger partial charge in [-0.05, 0) is 19.8 Å². The van der Waals surface area contributed by atoms with E-state index >= 15 is 0 Å². The van der Waals surface area contributed by atoms with Gasteiger partial charge in [0, 0.05) is 13.0 Å². The van der Waals surface area contributed by atoms with Crippen LogP contribution in [0.1, 0.15) is 26.2 Å². The fourth-order valence-electron chi connectivity index (χ4n) is 0.997. The van der Waals surface area contributed by atoms with Crippen molar-refractivity contribution in [2.24, 2.45) is 5.92 Å². The molecule has 0 aromatic heterocycles. The number of carbonyl (C=O) groups excluding carboxylic acids is 2. The number of carbonyl (C=O) groups is 2. The van der Waals surface area contributed by atoms with Crippen LogP contribution in [0.15, 0.2) is 0 Å². The summed E-state index contributed by atoms with van der Waals surface area (Å²) in [7, 11) is 1.48. The fourth-order valence-corrected chi connectivity index (χ4v) is 0.997. The van der Waals surface area contributed by atoms with Crippen molar-refractivity contribution >= 4 is 11.6 Å². The molecular formula is C9H14O3. The molecular weight excluding hydrogens is 156 g/mol. The van der Waals surface area contributed by atoms with Crippen molar-refractivity contribution in [3.63, 3.8) is 0 Å². The summed E-state index contributed by atoms with van der Waals surface area (Å²) in [5.41, 5.74) is 0. The lowest BCUT2D eigenvalue weighted by atomic mass is 10.1. The van der Waals surface area contributed by atoms with E-state index < -0.39 is 6.10 Å². The summed E-state index contributed by atoms with van der Waals surface area (Å²) in [5.74, 6) is 0.163. The van der Waals surface area contributed by atoms with Gasteiger partial charge in [-0.15, -0.1) is 0 Å². The lowest BCUT2D eigenvalue weighted by Gasteiger charge is -2.06. The monoisotopic (exact) mass is 170 g/mol. The van der Waals surface area contributed by atoms with Crippen molar-refractivity contribution < 1.29 is 14.3 Å². The van der Waals surface area contributed by atoms with Crippen molar-refractivity contribution in [2.75, 3.05) is 7.11 Å². The van der Waals surface area contributed by atoms with Crippen LogP contribution in [-0.4, -0.2) is 24.8 Å². The van der Waals surface area contributed by atoms with Gasteiger partial charge in [0.1, 0.15) is 11.9 Å². The minimum absolute atomic E-state index is 0.0552. The number of ether oxygens (including phenoxy) is 1. The Morgan fingerprint density at radius 3 is 2.50 bits per heavy atom. The van der Waals surface area contributed by atoms with Gasteiger partial charge in [0.05, 0.1) is 6.42 Å². The molecule has 1 rings (SSSR count). The van der Waals surface area contributed by atoms with Gasteiger partial charge in [-0.3, -0.25) is 9.59 Å². The summed E-state index contributed by atoms with van der Waals surface area (Å²) >= 11 is 0. The maximum Gasteiger partial charge on any atom is 0.168 e. The van der Waals surface area contributed by atoms with Gasteiger partial charge in [0.25, 0.3) is 0 Å². The van der Waals surface area contributed by atoms with Gasteiger partial charge in [-0.25, -0.2) is 0 Å². The Morgan fingerprint density at radius 1 is 1.50 bits per heavy atom. The fraction of sp³-hybridized carbons (Fsp3) is 0.778. The summed E-state index contributed by atoms with van der Waals surface area (Å²) in [4.78, 5) is 22.3. The molecule has 0 heterocycles. The summed E-state index contributed by atoms with van der Waals surface area (Å²) in [6.07, 6.45) is 1.55. The molecule has 1 fully saturated rings. The number of ketones is 2. The zero-order chi connectivity index (χ0) is 9.14. The molecule has 0 bridgehead atoms. The molecule has 1 aliphatic carbocycles. The summed E-state index contributed by atoms with van der Waals surface area (Å²) < 4.78 is 4.81. The molecule has 1 atom stereocenters. The largest absolute Gasteiger partial charge is 0.374 e. The van der Waals surface area contributed by atoms with E-state index in [1.807, 2.05) is 0 Å². The highest BCUT2D eigenvalue weighted by atomic mass is 16.5. The van der Waals surface area contributed by atoms with Crippen LogP contribution in [0.25, 0.3) is 0 Å². The average Bonchev–Trinajstić information content (AvgIpc) is 2.84. The van der Waals surface area contributed by atoms with Crippen LogP contribution in [0.2, 0.25) is 0 Å². The third-order valence-corrected chi connectivity index (χ3v) is 2.19. The van der Waals surface area contributed by atoms with Crippen molar-refractivity contribution in [1.82, 2.24) is 0 Å². The molecule has 68 valence electrons. The van der Waals surface area contributed by atoms with E-state index in [4.69, 9.17) is 4.74 Å². The first kappa shape index (κ1) is 9.39. The first-order valence-electron chi connectivity index (χ1n) is 4.23. The Morgan fingerprint density at radius 2 is 2.08 bits per heavy atom. The molecule has 3 heteroatoms. The zero-order valence-corrected chi connectivity index (χ0v) is 7.50. The van der Waals surface area contributed by atoms with Crippen LogP contribution in [0, 0.1) is 5.92 Å². The number of Topliss-reactive ketones (excluding diaryl/α,β-unsaturated/α-hetero) is 2. The van der Waals surface area contributed by atoms with Crippen molar-refractivity contribution in [1.29, 1.82) is 0 Å². The molecule has 0 radical (unpaired) electrons. The number of hydrogen-bond donors (Lipinski definition) is 0. The van der Waals surface area contributed by atoms with Crippen molar-refractivity contribution in [3.8, 4) is 0 Å². The maximum atomic E-state index is 11.2. The van der Waals surface area contributed by atoms with E-state index in [0.717, 1.165) is 12.8 Å². The van der Waals surface area contributed by atoms with E-state index in [1.165, 1.54) is 7.11 Å². The Labute approximate surface area is 72.1 Å². The Balaban J connectivity index is 2.29. The van der Waals surface area contributed by atoms with E-state index in [-0.39, 0.29) is 23.9 Å². The summed E-state index contributed by atoms with van der Waals surface area (Å²) in [5, 5.41) is 0. The molecule has 12 heavy (non-hydrogen) atoms. The van der Waals surface area contributed by atoms with E-state index in [9.17, 15) is 9.59 Å². The third-order valence-electron chi connectivity index (χ3n) is 2.19. The highest BCUT2D eigenvalue weighted by molar-refractivity contribution is 6.02. The predicted octanol–water partition coefficient (Wildman–Crippen LogP) is 0.960. The van der Waals surface area contributed by atoms with Gasteiger partial charge >= 0.3 is 0 Å². The smallest absolute Gasteiger partial charge is 0.168 e. The van der Waals surface area contributed by atoms with Crippen LogP contribution in [0.3, 0.4) is 0 Å². The minimum Gasteiger partial charge on any atom is -0.374 e. The highest BCUT2D eigenvalue weighted by Gasteiger charge is 2.31. The average molecular weight is 170 g/mol. The van der Waals surface area contributed by atoms with Gasteiger partial charge in [0.2, 0.25) is 0 Å². The van der Waals surface area contributed by atoms with Crippen molar-refractivity contribution in [3.05, 3.63) is 0 Å². The Hall–Kier alpha value is -0.700. The molecule has 0 aromatic carbocycles. The van der Waals surface area contributed by atoms with E-state index in [2.05, 4.69) is 0 Å². The van der Waals surface area contributed by atoms with E-state index in [1.54, 1.807) is 6.92 Å². The molecule has 0 spiro atoms. The molecule has 0 aromatic rings. The molecule has 0 saturated heterocycles. The summed E-state index contributed by atoms with van der Waals surface area (Å²) in [6, 6.07) is 0. The third kappa shape index (κ3) is 2.41. The minimum atomic E-state index is -0.437. The number of methoxy groups -OCH3 is 1. The molecule has 1 saturated carbocycles. The SMILES string of the molecule is COC(C)C(=O)CC(=O)C1CC1. The van der Waals surface area contributed by atoms with Gasteiger partial charge < -0.3 is 4.74 Å². The maximum absolute atomic E-state index is 11.2. The lowest BCUT2D eigenvalue weighted by Crippen LogP contribution is -2.22. The summed E-state index contributed by atoms with van der Waals surface area (Å²) in [6.45, 7) is 1.67. The first-order chi connectivity index (χ1) is 5.65. The molecule has 0 amide bonds. The second-order valence-corrected chi connectivity index (χ2v) is 3.26. The quantitative estimate of drug-likeness (QED) is 0.577. The predicted molar refractivity (Wildman–Crippen MR) is 43.8 cm³/mol. The van der Waals surface area contributed by atoms with Gasteiger partial charge in [-0.1, -0.05) is 0 Å². The molecule has 1 unspecified atom stereocenters. The normalized spacial score (nSPS) is 18.8. The standard InChI is InChI=1S/C9H14O3/c1-6(12-2)8(10)5-9(11)7-3-4-7/h6-7H,3-5H2,1-2H3. The topological polar surface area (TPSA) is 43.4 Å². The van der Waals surface area contributed by atoms with Crippen LogP contribution >= 0.6 is 0 Å². The zero-order valence-electron chi connectivity index (χ0n) is 7.50. The van der Waals surface area contributed by atoms with Crippen LogP contribution in [-0.2, 0) is 14.3 Å². The van der Waals surface area contributed by atoms with Crippen LogP contribution < -0.4 is 0 Å². The molecule has 1 aliphatic rings. The van der Waals surface area contributed by atoms with Crippen molar-refractivity contribution in [2.45, 2.75) is 32.3 Å². The Kier molecular flexibility index (Phi) is 2.98. The molecule has 0 aliphatic heterocycles. The van der Waals surface area contributed by atoms with Gasteiger partial charge in [0.15, 0.2) is 5.78 Å². The van der Waals surface area contributed by atoms with E-state index in [0.29, 0.717) is 0 Å². The van der Waals surface area contributed by atoms with Crippen LogP contribution in [0.4, 0.5) is 0 Å². The second-order valence-electron chi connectivity index (χ2n) is 3.26. The first-order valence-corrected chi connectivity index (χ1v) is 4.23.